The molecule has 3 heteroatoms. The van der Waals surface area contributed by atoms with Crippen LogP contribution in [-0.2, 0) is 21.7 Å². The van der Waals surface area contributed by atoms with E-state index in [0.29, 0.717) is 5.41 Å². The van der Waals surface area contributed by atoms with Crippen molar-refractivity contribution in [2.24, 2.45) is 5.41 Å². The van der Waals surface area contributed by atoms with Gasteiger partial charge in [-0.05, 0) is 0 Å². The first kappa shape index (κ1) is 24.7. The van der Waals surface area contributed by atoms with E-state index in [0.717, 1.165) is 0 Å². The summed E-state index contributed by atoms with van der Waals surface area (Å²) in [5.41, 5.74) is 0.417. The molecule has 0 unspecified atom stereocenters. The standard InChI is InChI=1S/C7H15.C5H5.2ClH.Ti/c1-6(2)7(3,4)5;1-2-4-5-3-1;;;/h1-5H3;1-5H;2*1H;/q2*-1;;;+4/p-2. The molecule has 0 aliphatic heterocycles. The van der Waals surface area contributed by atoms with E-state index in [9.17, 15) is 0 Å². The molecule has 1 aromatic carbocycles. The quantitative estimate of drug-likeness (QED) is 0.384. The molecule has 0 aromatic heterocycles. The van der Waals surface area contributed by atoms with E-state index in [4.69, 9.17) is 0 Å². The molecule has 0 spiro atoms. The third-order valence-corrected chi connectivity index (χ3v) is 2.06. The van der Waals surface area contributed by atoms with Crippen LogP contribution in [0.1, 0.15) is 34.6 Å². The molecule has 0 amide bonds. The Labute approximate surface area is 122 Å². The predicted octanol–water partition coefficient (Wildman–Crippen LogP) is -1.94. The van der Waals surface area contributed by atoms with Crippen LogP contribution in [0.25, 0.3) is 0 Å². The van der Waals surface area contributed by atoms with Gasteiger partial charge in [0.25, 0.3) is 0 Å². The Balaban J connectivity index is -0.0000000687. The largest absolute Gasteiger partial charge is 4.00 e. The van der Waals surface area contributed by atoms with Gasteiger partial charge >= 0.3 is 21.7 Å². The minimum atomic E-state index is 0. The van der Waals surface area contributed by atoms with Crippen LogP contribution in [0.3, 0.4) is 0 Å². The number of hydrogen-bond donors (Lipinski definition) is 0. The first-order chi connectivity index (χ1) is 5.44. The zero-order valence-corrected chi connectivity index (χ0v) is 13.2. The maximum absolute atomic E-state index is 2.22. The molecule has 1 aromatic rings. The van der Waals surface area contributed by atoms with E-state index in [-0.39, 0.29) is 46.5 Å². The molecule has 1 rings (SSSR count). The second kappa shape index (κ2) is 12.7. The number of halogens is 2. The second-order valence-electron chi connectivity index (χ2n) is 4.21. The predicted molar refractivity (Wildman–Crippen MR) is 56.1 cm³/mol. The van der Waals surface area contributed by atoms with Crippen LogP contribution in [0, 0.1) is 11.3 Å². The summed E-state index contributed by atoms with van der Waals surface area (Å²) in [5, 5.41) is 0. The maximum Gasteiger partial charge on any atom is 4.00 e. The Morgan fingerprint density at radius 2 is 1.20 bits per heavy atom. The molecule has 0 aliphatic carbocycles. The summed E-state index contributed by atoms with van der Waals surface area (Å²) in [6, 6.07) is 10.0. The second-order valence-corrected chi connectivity index (χ2v) is 4.21. The van der Waals surface area contributed by atoms with Gasteiger partial charge in [-0.25, -0.2) is 12.1 Å². The first-order valence-electron chi connectivity index (χ1n) is 4.42. The third-order valence-electron chi connectivity index (χ3n) is 2.06. The van der Waals surface area contributed by atoms with Crippen molar-refractivity contribution in [2.45, 2.75) is 34.6 Å². The van der Waals surface area contributed by atoms with Gasteiger partial charge in [0.15, 0.2) is 0 Å². The van der Waals surface area contributed by atoms with Crippen LogP contribution in [0.2, 0.25) is 0 Å². The topological polar surface area (TPSA) is 0 Å². The van der Waals surface area contributed by atoms with Crippen molar-refractivity contribution in [1.82, 2.24) is 0 Å². The van der Waals surface area contributed by atoms with Crippen LogP contribution in [-0.4, -0.2) is 0 Å². The fourth-order valence-corrected chi connectivity index (χ4v) is 0.321. The molecule has 0 aliphatic rings. The summed E-state index contributed by atoms with van der Waals surface area (Å²) in [5.74, 6) is 1.49. The Hall–Kier alpha value is 0.644. The first-order valence-corrected chi connectivity index (χ1v) is 4.42. The number of rotatable bonds is 0. The molecule has 0 bridgehead atoms. The van der Waals surface area contributed by atoms with Gasteiger partial charge in [-0.1, -0.05) is 20.8 Å². The fourth-order valence-electron chi connectivity index (χ4n) is 0.321. The van der Waals surface area contributed by atoms with Gasteiger partial charge in [-0.3, -0.25) is 0 Å². The summed E-state index contributed by atoms with van der Waals surface area (Å²) in [6.07, 6.45) is 0. The Morgan fingerprint density at radius 3 is 1.27 bits per heavy atom. The Morgan fingerprint density at radius 1 is 0.933 bits per heavy atom. The van der Waals surface area contributed by atoms with Gasteiger partial charge in [-0.2, -0.15) is 37.5 Å². The molecule has 0 radical (unpaired) electrons. The molecule has 0 atom stereocenters. The van der Waals surface area contributed by atoms with Crippen LogP contribution in [0.4, 0.5) is 0 Å². The van der Waals surface area contributed by atoms with Gasteiger partial charge in [0.05, 0.1) is 0 Å². The van der Waals surface area contributed by atoms with Gasteiger partial charge < -0.3 is 30.7 Å². The molecular weight excluding hydrogens is 263 g/mol. The Bertz CT molecular complexity index is 159. The zero-order valence-electron chi connectivity index (χ0n) is 10.1. The molecule has 0 saturated heterocycles. The van der Waals surface area contributed by atoms with E-state index in [1.54, 1.807) is 0 Å². The van der Waals surface area contributed by atoms with E-state index in [1.165, 1.54) is 5.92 Å². The van der Waals surface area contributed by atoms with E-state index < -0.39 is 0 Å². The average molecular weight is 283 g/mol. The van der Waals surface area contributed by atoms with E-state index in [1.807, 2.05) is 30.3 Å². The monoisotopic (exact) mass is 282 g/mol. The molecular formula is C12H20Cl2Ti. The van der Waals surface area contributed by atoms with Crippen molar-refractivity contribution in [3.63, 3.8) is 0 Å². The van der Waals surface area contributed by atoms with E-state index >= 15 is 0 Å². The smallest absolute Gasteiger partial charge is 1.00 e. The van der Waals surface area contributed by atoms with Crippen LogP contribution in [0.15, 0.2) is 30.3 Å². The number of hydrogen-bond acceptors (Lipinski definition) is 0. The maximum atomic E-state index is 2.22. The molecule has 0 fully saturated rings. The van der Waals surface area contributed by atoms with Gasteiger partial charge in [0.1, 0.15) is 0 Å². The Kier molecular flexibility index (Phi) is 21.0. The van der Waals surface area contributed by atoms with Crippen LogP contribution in [0.5, 0.6) is 0 Å². The van der Waals surface area contributed by atoms with Crippen molar-refractivity contribution in [1.29, 1.82) is 0 Å². The molecule has 15 heavy (non-hydrogen) atoms. The summed E-state index contributed by atoms with van der Waals surface area (Å²) in [4.78, 5) is 0. The van der Waals surface area contributed by atoms with Crippen molar-refractivity contribution >= 4 is 0 Å². The van der Waals surface area contributed by atoms with Crippen molar-refractivity contribution < 1.29 is 46.5 Å². The molecule has 86 valence electrons. The van der Waals surface area contributed by atoms with Gasteiger partial charge in [0, 0.05) is 0 Å². The average Bonchev–Trinajstić information content (AvgIpc) is 2.39. The summed E-state index contributed by atoms with van der Waals surface area (Å²) in [6.45, 7) is 11.0. The van der Waals surface area contributed by atoms with Crippen molar-refractivity contribution in [3.05, 3.63) is 36.2 Å². The van der Waals surface area contributed by atoms with E-state index in [2.05, 4.69) is 34.6 Å². The van der Waals surface area contributed by atoms with Crippen LogP contribution < -0.4 is 24.8 Å². The molecule has 0 nitrogen and oxygen atoms in total. The van der Waals surface area contributed by atoms with Gasteiger partial charge in [0.2, 0.25) is 0 Å². The van der Waals surface area contributed by atoms with Crippen molar-refractivity contribution in [3.8, 4) is 0 Å². The SMILES string of the molecule is C[C-](C)C(C)(C)C.[Cl-].[Cl-].[Ti+4].c1cc[cH-]c1. The fraction of sp³-hybridized carbons (Fsp3) is 0.500. The summed E-state index contributed by atoms with van der Waals surface area (Å²) in [7, 11) is 0. The van der Waals surface area contributed by atoms with Crippen LogP contribution >= 0.6 is 0 Å². The minimum Gasteiger partial charge on any atom is -1.00 e. The molecule has 0 N–H and O–H groups in total. The molecule has 0 saturated carbocycles. The molecule has 0 heterocycles. The summed E-state index contributed by atoms with van der Waals surface area (Å²) >= 11 is 0. The third kappa shape index (κ3) is 17.3. The summed E-state index contributed by atoms with van der Waals surface area (Å²) < 4.78 is 0. The van der Waals surface area contributed by atoms with Gasteiger partial charge in [-0.15, -0.1) is 0 Å². The van der Waals surface area contributed by atoms with Crippen molar-refractivity contribution in [2.75, 3.05) is 0 Å². The normalized spacial score (nSPS) is 8.67. The minimum absolute atomic E-state index is 0. The zero-order chi connectivity index (χ0) is 9.61.